The normalized spacial score (nSPS) is 16.5. The second-order valence-electron chi connectivity index (χ2n) is 5.09. The average molecular weight is 326 g/mol. The van der Waals surface area contributed by atoms with Crippen molar-refractivity contribution in [2.24, 2.45) is 5.41 Å². The Hall–Kier alpha value is -1.36. The van der Waals surface area contributed by atoms with Gasteiger partial charge in [0.1, 0.15) is 0 Å². The van der Waals surface area contributed by atoms with Gasteiger partial charge in [0.15, 0.2) is 0 Å². The molecule has 0 aliphatic heterocycles. The van der Waals surface area contributed by atoms with Crippen LogP contribution in [0.1, 0.15) is 35.2 Å². The Morgan fingerprint density at radius 2 is 2.11 bits per heavy atom. The van der Waals surface area contributed by atoms with Crippen LogP contribution in [0.3, 0.4) is 0 Å². The van der Waals surface area contributed by atoms with Gasteiger partial charge in [0.2, 0.25) is 0 Å². The molecule has 2 N–H and O–H groups in total. The number of nitrogens with one attached hydrogen (secondary N) is 1. The number of benzene rings is 1. The van der Waals surface area contributed by atoms with Crippen molar-refractivity contribution in [3.8, 4) is 0 Å². The fourth-order valence-electron chi connectivity index (χ4n) is 2.16. The van der Waals surface area contributed by atoms with Gasteiger partial charge in [-0.1, -0.05) is 28.4 Å². The zero-order valence-corrected chi connectivity index (χ0v) is 12.3. The van der Waals surface area contributed by atoms with Crippen molar-refractivity contribution < 1.29 is 14.7 Å². The van der Waals surface area contributed by atoms with E-state index in [9.17, 15) is 14.7 Å². The van der Waals surface area contributed by atoms with Crippen molar-refractivity contribution in [2.75, 3.05) is 6.54 Å². The standard InChI is InChI=1S/C14H16BrNO3/c1-9-3-4-10(7-11(9)15)12(17)16-8-14(13(18)19)5-2-6-14/h3-4,7H,2,5-6,8H2,1H3,(H,16,17)(H,18,19). The van der Waals surface area contributed by atoms with Gasteiger partial charge in [-0.05, 0) is 37.5 Å². The largest absolute Gasteiger partial charge is 0.481 e. The summed E-state index contributed by atoms with van der Waals surface area (Å²) >= 11 is 3.38. The van der Waals surface area contributed by atoms with Crippen molar-refractivity contribution in [3.05, 3.63) is 33.8 Å². The summed E-state index contributed by atoms with van der Waals surface area (Å²) in [5, 5.41) is 11.9. The van der Waals surface area contributed by atoms with E-state index >= 15 is 0 Å². The first kappa shape index (κ1) is 14.1. The maximum atomic E-state index is 12.0. The van der Waals surface area contributed by atoms with E-state index in [0.717, 1.165) is 16.5 Å². The Kier molecular flexibility index (Phi) is 3.94. The summed E-state index contributed by atoms with van der Waals surface area (Å²) < 4.78 is 0.872. The van der Waals surface area contributed by atoms with Gasteiger partial charge < -0.3 is 10.4 Å². The van der Waals surface area contributed by atoms with Gasteiger partial charge in [0, 0.05) is 16.6 Å². The van der Waals surface area contributed by atoms with Gasteiger partial charge in [-0.15, -0.1) is 0 Å². The SMILES string of the molecule is Cc1ccc(C(=O)NCC2(C(=O)O)CCC2)cc1Br. The number of carboxylic acid groups (broad SMARTS) is 1. The van der Waals surface area contributed by atoms with Crippen LogP contribution in [0.5, 0.6) is 0 Å². The summed E-state index contributed by atoms with van der Waals surface area (Å²) in [4.78, 5) is 23.2. The van der Waals surface area contributed by atoms with Crippen LogP contribution in [0.15, 0.2) is 22.7 Å². The van der Waals surface area contributed by atoms with Gasteiger partial charge in [-0.2, -0.15) is 0 Å². The number of carbonyl (C=O) groups excluding carboxylic acids is 1. The van der Waals surface area contributed by atoms with Crippen LogP contribution in [0.25, 0.3) is 0 Å². The van der Waals surface area contributed by atoms with Crippen LogP contribution in [-0.4, -0.2) is 23.5 Å². The van der Waals surface area contributed by atoms with E-state index in [1.165, 1.54) is 0 Å². The molecule has 1 aromatic carbocycles. The highest BCUT2D eigenvalue weighted by molar-refractivity contribution is 9.10. The molecule has 1 aromatic rings. The van der Waals surface area contributed by atoms with Crippen molar-refractivity contribution in [2.45, 2.75) is 26.2 Å². The minimum Gasteiger partial charge on any atom is -0.481 e. The number of hydrogen-bond donors (Lipinski definition) is 2. The fraction of sp³-hybridized carbons (Fsp3) is 0.429. The Balaban J connectivity index is 2.01. The van der Waals surface area contributed by atoms with Crippen LogP contribution in [0, 0.1) is 12.3 Å². The third-order valence-electron chi connectivity index (χ3n) is 3.79. The predicted molar refractivity (Wildman–Crippen MR) is 75.1 cm³/mol. The minimum absolute atomic E-state index is 0.201. The molecule has 0 unspecified atom stereocenters. The number of rotatable bonds is 4. The number of carbonyl (C=O) groups is 2. The van der Waals surface area contributed by atoms with Crippen molar-refractivity contribution in [3.63, 3.8) is 0 Å². The summed E-state index contributed by atoms with van der Waals surface area (Å²) in [5.41, 5.74) is 0.840. The molecule has 1 amide bonds. The predicted octanol–water partition coefficient (Wildman–Crippen LogP) is 2.74. The maximum absolute atomic E-state index is 12.0. The molecule has 0 atom stereocenters. The first-order chi connectivity index (χ1) is 8.94. The van der Waals surface area contributed by atoms with Crippen LogP contribution in [-0.2, 0) is 4.79 Å². The highest BCUT2D eigenvalue weighted by Crippen LogP contribution is 2.40. The zero-order valence-electron chi connectivity index (χ0n) is 10.7. The Morgan fingerprint density at radius 3 is 2.58 bits per heavy atom. The molecule has 4 nitrogen and oxygen atoms in total. The van der Waals surface area contributed by atoms with Crippen LogP contribution < -0.4 is 5.32 Å². The van der Waals surface area contributed by atoms with Crippen LogP contribution in [0.2, 0.25) is 0 Å². The molecular weight excluding hydrogens is 310 g/mol. The highest BCUT2D eigenvalue weighted by Gasteiger charge is 2.44. The Bertz CT molecular complexity index is 523. The molecular formula is C14H16BrNO3. The third kappa shape index (κ3) is 2.81. The smallest absolute Gasteiger partial charge is 0.311 e. The fourth-order valence-corrected chi connectivity index (χ4v) is 2.53. The van der Waals surface area contributed by atoms with Gasteiger partial charge in [-0.3, -0.25) is 9.59 Å². The number of carboxylic acids is 1. The first-order valence-electron chi connectivity index (χ1n) is 6.22. The molecule has 0 bridgehead atoms. The summed E-state index contributed by atoms with van der Waals surface area (Å²) in [7, 11) is 0. The lowest BCUT2D eigenvalue weighted by Crippen LogP contribution is -2.47. The summed E-state index contributed by atoms with van der Waals surface area (Å²) in [5.74, 6) is -1.04. The quantitative estimate of drug-likeness (QED) is 0.894. The lowest BCUT2D eigenvalue weighted by atomic mass is 9.69. The van der Waals surface area contributed by atoms with E-state index in [1.54, 1.807) is 12.1 Å². The first-order valence-corrected chi connectivity index (χ1v) is 7.02. The summed E-state index contributed by atoms with van der Waals surface area (Å²) in [6.45, 7) is 2.15. The Labute approximate surface area is 120 Å². The molecule has 0 radical (unpaired) electrons. The molecule has 102 valence electrons. The van der Waals surface area contributed by atoms with Crippen molar-refractivity contribution in [1.29, 1.82) is 0 Å². The van der Waals surface area contributed by atoms with Crippen LogP contribution in [0.4, 0.5) is 0 Å². The van der Waals surface area contributed by atoms with Gasteiger partial charge in [-0.25, -0.2) is 0 Å². The molecule has 0 spiro atoms. The van der Waals surface area contributed by atoms with Gasteiger partial charge in [0.25, 0.3) is 5.91 Å². The molecule has 2 rings (SSSR count). The molecule has 0 heterocycles. The van der Waals surface area contributed by atoms with E-state index in [0.29, 0.717) is 18.4 Å². The maximum Gasteiger partial charge on any atom is 0.311 e. The molecule has 1 aliphatic rings. The van der Waals surface area contributed by atoms with Gasteiger partial charge in [0.05, 0.1) is 5.41 Å². The van der Waals surface area contributed by atoms with E-state index in [1.807, 2.05) is 13.0 Å². The van der Waals surface area contributed by atoms with Crippen LogP contribution >= 0.6 is 15.9 Å². The van der Waals surface area contributed by atoms with E-state index in [4.69, 9.17) is 0 Å². The monoisotopic (exact) mass is 325 g/mol. The second kappa shape index (κ2) is 5.33. The number of halogens is 1. The van der Waals surface area contributed by atoms with E-state index in [2.05, 4.69) is 21.2 Å². The average Bonchev–Trinajstić information content (AvgIpc) is 2.30. The minimum atomic E-state index is -0.816. The highest BCUT2D eigenvalue weighted by atomic mass is 79.9. The molecule has 1 saturated carbocycles. The molecule has 0 aromatic heterocycles. The third-order valence-corrected chi connectivity index (χ3v) is 4.64. The lowest BCUT2D eigenvalue weighted by Gasteiger charge is -2.37. The second-order valence-corrected chi connectivity index (χ2v) is 5.94. The van der Waals surface area contributed by atoms with Crippen molar-refractivity contribution in [1.82, 2.24) is 5.32 Å². The van der Waals surface area contributed by atoms with E-state index < -0.39 is 11.4 Å². The zero-order chi connectivity index (χ0) is 14.0. The molecule has 1 aliphatic carbocycles. The molecule has 19 heavy (non-hydrogen) atoms. The summed E-state index contributed by atoms with van der Waals surface area (Å²) in [6.07, 6.45) is 2.19. The molecule has 5 heteroatoms. The molecule has 0 saturated heterocycles. The number of aryl methyl sites for hydroxylation is 1. The van der Waals surface area contributed by atoms with Crippen molar-refractivity contribution >= 4 is 27.8 Å². The Morgan fingerprint density at radius 1 is 1.42 bits per heavy atom. The summed E-state index contributed by atoms with van der Waals surface area (Å²) in [6, 6.07) is 5.35. The van der Waals surface area contributed by atoms with Gasteiger partial charge >= 0.3 is 5.97 Å². The number of amides is 1. The lowest BCUT2D eigenvalue weighted by molar-refractivity contribution is -0.153. The molecule has 1 fully saturated rings. The number of hydrogen-bond acceptors (Lipinski definition) is 2. The van der Waals surface area contributed by atoms with E-state index in [-0.39, 0.29) is 12.5 Å². The topological polar surface area (TPSA) is 66.4 Å². The number of aliphatic carboxylic acids is 1.